The van der Waals surface area contributed by atoms with Crippen LogP contribution in [0.4, 0.5) is 0 Å². The van der Waals surface area contributed by atoms with Gasteiger partial charge in [-0.25, -0.2) is 4.79 Å². The number of hydrogen-bond donors (Lipinski definition) is 1. The Labute approximate surface area is 178 Å². The summed E-state index contributed by atoms with van der Waals surface area (Å²) >= 11 is 0. The van der Waals surface area contributed by atoms with Crippen molar-refractivity contribution in [1.82, 2.24) is 0 Å². The molecule has 30 heavy (non-hydrogen) atoms. The second kappa shape index (κ2) is 10.8. The van der Waals surface area contributed by atoms with Gasteiger partial charge in [-0.2, -0.15) is 5.26 Å². The molecule has 1 N–H and O–H groups in total. The normalized spacial score (nSPS) is 21.9. The van der Waals surface area contributed by atoms with E-state index in [1.165, 1.54) is 0 Å². The summed E-state index contributed by atoms with van der Waals surface area (Å²) < 4.78 is 17.0. The summed E-state index contributed by atoms with van der Waals surface area (Å²) in [4.78, 5) is 12.9. The van der Waals surface area contributed by atoms with Crippen molar-refractivity contribution in [2.45, 2.75) is 47.1 Å². The summed E-state index contributed by atoms with van der Waals surface area (Å²) in [6, 6.07) is 5.33. The Morgan fingerprint density at radius 3 is 2.70 bits per heavy atom. The highest BCUT2D eigenvalue weighted by Gasteiger charge is 2.26. The topological polar surface area (TPSA) is 88.8 Å². The van der Waals surface area contributed by atoms with Gasteiger partial charge in [-0.05, 0) is 43.9 Å². The summed E-state index contributed by atoms with van der Waals surface area (Å²) in [6.07, 6.45) is 3.50. The average molecular weight is 414 g/mol. The third-order valence-corrected chi connectivity index (χ3v) is 4.68. The minimum absolute atomic E-state index is 0.0166. The number of aliphatic hydroxyl groups excluding tert-OH is 1. The maximum atomic E-state index is 12.9. The molecule has 0 amide bonds. The van der Waals surface area contributed by atoms with E-state index in [1.807, 2.05) is 46.8 Å². The molecular weight excluding hydrogens is 382 g/mol. The number of aliphatic hydroxyl groups is 1. The Morgan fingerprint density at radius 2 is 2.07 bits per heavy atom. The van der Waals surface area contributed by atoms with E-state index in [1.54, 1.807) is 12.1 Å². The fraction of sp³-hybridized carbons (Fsp3) is 0.500. The van der Waals surface area contributed by atoms with E-state index in [0.29, 0.717) is 24.4 Å². The van der Waals surface area contributed by atoms with Gasteiger partial charge in [0, 0.05) is 5.92 Å². The van der Waals surface area contributed by atoms with E-state index in [9.17, 15) is 15.2 Å². The first-order valence-corrected chi connectivity index (χ1v) is 10.3. The molecule has 1 heterocycles. The van der Waals surface area contributed by atoms with E-state index < -0.39 is 12.1 Å². The van der Waals surface area contributed by atoms with Gasteiger partial charge in [0.05, 0.1) is 24.9 Å². The van der Waals surface area contributed by atoms with Crippen LogP contribution in [0.1, 0.15) is 68.6 Å². The minimum Gasteiger partial charge on any atom is -0.495 e. The average Bonchev–Trinajstić information content (AvgIpc) is 2.68. The van der Waals surface area contributed by atoms with Crippen molar-refractivity contribution in [3.05, 3.63) is 52.3 Å². The van der Waals surface area contributed by atoms with Crippen LogP contribution in [0.15, 0.2) is 35.6 Å². The molecule has 1 aliphatic rings. The predicted octanol–water partition coefficient (Wildman–Crippen LogP) is 4.69. The van der Waals surface area contributed by atoms with Crippen LogP contribution in [0.3, 0.4) is 0 Å². The lowest BCUT2D eigenvalue weighted by Crippen LogP contribution is -2.17. The molecule has 1 aromatic rings. The summed E-state index contributed by atoms with van der Waals surface area (Å²) in [5.74, 6) is 0.432. The zero-order valence-corrected chi connectivity index (χ0v) is 18.4. The van der Waals surface area contributed by atoms with E-state index in [4.69, 9.17) is 14.2 Å². The van der Waals surface area contributed by atoms with Gasteiger partial charge < -0.3 is 19.3 Å². The van der Waals surface area contributed by atoms with Crippen LogP contribution in [0.25, 0.3) is 0 Å². The molecule has 2 atom stereocenters. The Bertz CT molecular complexity index is 863. The van der Waals surface area contributed by atoms with Crippen LogP contribution in [-0.2, 0) is 9.47 Å². The third-order valence-electron chi connectivity index (χ3n) is 4.68. The van der Waals surface area contributed by atoms with Crippen molar-refractivity contribution >= 4 is 5.97 Å². The van der Waals surface area contributed by atoms with Crippen molar-refractivity contribution in [2.24, 2.45) is 11.8 Å². The number of esters is 1. The molecule has 2 unspecified atom stereocenters. The molecule has 0 radical (unpaired) electrons. The Balaban J connectivity index is 2.54. The summed E-state index contributed by atoms with van der Waals surface area (Å²) in [7, 11) is 0. The lowest BCUT2D eigenvalue weighted by atomic mass is 9.92. The molecule has 0 saturated heterocycles. The molecule has 0 bridgehead atoms. The number of carbonyl (C=O) groups is 1. The molecule has 6 heteroatoms. The number of carbonyl (C=O) groups excluding carboxylic acids is 1. The lowest BCUT2D eigenvalue weighted by molar-refractivity contribution is 0.0465. The van der Waals surface area contributed by atoms with Gasteiger partial charge >= 0.3 is 5.97 Å². The monoisotopic (exact) mass is 413 g/mol. The second-order valence-electron chi connectivity index (χ2n) is 7.98. The minimum atomic E-state index is -0.859. The predicted molar refractivity (Wildman–Crippen MR) is 114 cm³/mol. The van der Waals surface area contributed by atoms with Gasteiger partial charge in [0.2, 0.25) is 0 Å². The number of nitrogens with zero attached hydrogens (tertiary/aromatic N) is 1. The zero-order chi connectivity index (χ0) is 22.3. The number of nitriles is 1. The Morgan fingerprint density at radius 1 is 1.33 bits per heavy atom. The van der Waals surface area contributed by atoms with Crippen LogP contribution in [0.2, 0.25) is 0 Å². The second-order valence-corrected chi connectivity index (χ2v) is 7.98. The fourth-order valence-corrected chi connectivity index (χ4v) is 3.43. The van der Waals surface area contributed by atoms with Gasteiger partial charge in [0.1, 0.15) is 29.7 Å². The molecule has 0 aliphatic carbocycles. The SMILES string of the molecule is CCO/C1=C/C(C)=C\C(C)COC(=O)c2c(ccc(C(O)CC(C)C)c2C#N)OC1. The fourth-order valence-electron chi connectivity index (χ4n) is 3.43. The number of hydrogen-bond acceptors (Lipinski definition) is 6. The molecule has 6 nitrogen and oxygen atoms in total. The number of rotatable bonds is 5. The highest BCUT2D eigenvalue weighted by Crippen LogP contribution is 2.33. The molecule has 0 saturated carbocycles. The maximum absolute atomic E-state index is 12.9. The first-order valence-electron chi connectivity index (χ1n) is 10.3. The number of cyclic esters (lactones) is 1. The van der Waals surface area contributed by atoms with Crippen molar-refractivity contribution in [3.8, 4) is 11.8 Å². The van der Waals surface area contributed by atoms with Gasteiger partial charge in [-0.15, -0.1) is 0 Å². The highest BCUT2D eigenvalue weighted by molar-refractivity contribution is 5.96. The molecule has 2 rings (SSSR count). The van der Waals surface area contributed by atoms with E-state index in [2.05, 4.69) is 6.07 Å². The van der Waals surface area contributed by atoms with E-state index in [-0.39, 0.29) is 41.9 Å². The lowest BCUT2D eigenvalue weighted by Gasteiger charge is -2.20. The third kappa shape index (κ3) is 6.11. The number of allylic oxidation sites excluding steroid dienone is 2. The van der Waals surface area contributed by atoms with Crippen molar-refractivity contribution in [2.75, 3.05) is 19.8 Å². The number of fused-ring (bicyclic) bond motifs is 1. The Hall–Kier alpha value is -2.78. The Kier molecular flexibility index (Phi) is 8.49. The van der Waals surface area contributed by atoms with Gasteiger partial charge in [-0.1, -0.05) is 38.5 Å². The molecule has 0 fully saturated rings. The van der Waals surface area contributed by atoms with E-state index in [0.717, 1.165) is 5.57 Å². The molecular formula is C24H31NO5. The van der Waals surface area contributed by atoms with Crippen molar-refractivity contribution in [3.63, 3.8) is 0 Å². The first kappa shape index (κ1) is 23.5. The standard InChI is InChI=1S/C24H31NO5/c1-6-28-18-11-16(4)10-17(5)13-30-24(27)23-20(12-25)19(21(26)9-15(2)3)7-8-22(23)29-14-18/h7-8,10-11,15,17,21,26H,6,9,13-14H2,1-5H3/b16-10-,18-11+. The quantitative estimate of drug-likeness (QED) is 0.705. The summed E-state index contributed by atoms with van der Waals surface area (Å²) in [5, 5.41) is 20.4. The first-order chi connectivity index (χ1) is 14.3. The molecule has 0 spiro atoms. The largest absolute Gasteiger partial charge is 0.495 e. The van der Waals surface area contributed by atoms with Crippen LogP contribution in [0, 0.1) is 23.2 Å². The van der Waals surface area contributed by atoms with Crippen molar-refractivity contribution in [1.29, 1.82) is 5.26 Å². The van der Waals surface area contributed by atoms with Crippen molar-refractivity contribution < 1.29 is 24.1 Å². The highest BCUT2D eigenvalue weighted by atomic mass is 16.5. The van der Waals surface area contributed by atoms with Crippen LogP contribution in [-0.4, -0.2) is 30.9 Å². The summed E-state index contributed by atoms with van der Waals surface area (Å²) in [6.45, 7) is 10.5. The maximum Gasteiger partial charge on any atom is 0.343 e. The number of ether oxygens (including phenoxy) is 3. The number of benzene rings is 1. The van der Waals surface area contributed by atoms with E-state index >= 15 is 0 Å². The van der Waals surface area contributed by atoms with Crippen LogP contribution in [0.5, 0.6) is 5.75 Å². The molecule has 1 aliphatic heterocycles. The van der Waals surface area contributed by atoms with Crippen LogP contribution >= 0.6 is 0 Å². The molecule has 1 aromatic carbocycles. The zero-order valence-electron chi connectivity index (χ0n) is 18.4. The molecule has 0 aromatic heterocycles. The smallest absolute Gasteiger partial charge is 0.343 e. The van der Waals surface area contributed by atoms with Gasteiger partial charge in [-0.3, -0.25) is 0 Å². The van der Waals surface area contributed by atoms with Gasteiger partial charge in [0.25, 0.3) is 0 Å². The van der Waals surface area contributed by atoms with Gasteiger partial charge in [0.15, 0.2) is 0 Å². The summed E-state index contributed by atoms with van der Waals surface area (Å²) in [5.41, 5.74) is 1.52. The van der Waals surface area contributed by atoms with Crippen LogP contribution < -0.4 is 4.74 Å². The molecule has 162 valence electrons.